The highest BCUT2D eigenvalue weighted by Gasteiger charge is 2.24. The molecule has 4 aromatic rings. The van der Waals surface area contributed by atoms with Crippen molar-refractivity contribution >= 4 is 27.6 Å². The number of nitrogens with zero attached hydrogens (tertiary/aromatic N) is 1. The number of hydrogen-bond donors (Lipinski definition) is 2. The fourth-order valence-electron chi connectivity index (χ4n) is 3.53. The minimum Gasteiger partial charge on any atom is -0.497 e. The largest absolute Gasteiger partial charge is 0.497 e. The molecule has 2 aromatic heterocycles. The van der Waals surface area contributed by atoms with Crippen molar-refractivity contribution in [3.05, 3.63) is 59.9 Å². The lowest BCUT2D eigenvalue weighted by atomic mass is 10.0. The molecule has 0 radical (unpaired) electrons. The van der Waals surface area contributed by atoms with Crippen LogP contribution in [-0.4, -0.2) is 23.0 Å². The van der Waals surface area contributed by atoms with Gasteiger partial charge in [0.25, 0.3) is 5.91 Å². The summed E-state index contributed by atoms with van der Waals surface area (Å²) in [4.78, 5) is 20.1. The van der Waals surface area contributed by atoms with Crippen LogP contribution in [0.4, 0.5) is 0 Å². The topological polar surface area (TPSA) is 67.0 Å². The fourth-order valence-corrected chi connectivity index (χ4v) is 3.53. The quantitative estimate of drug-likeness (QED) is 0.590. The summed E-state index contributed by atoms with van der Waals surface area (Å²) in [6, 6.07) is 13.9. The Balaban J connectivity index is 1.77. The van der Waals surface area contributed by atoms with Crippen LogP contribution in [0.15, 0.2) is 48.7 Å². The SMILES string of the molecule is COc1cccc(-c2cc3c(ccc4c5c([nH]c43)CNC5=O)cn2)c1. The Morgan fingerprint density at radius 2 is 2.04 bits per heavy atom. The van der Waals surface area contributed by atoms with E-state index in [9.17, 15) is 4.79 Å². The number of amides is 1. The van der Waals surface area contributed by atoms with Gasteiger partial charge in [-0.3, -0.25) is 9.78 Å². The van der Waals surface area contributed by atoms with E-state index in [4.69, 9.17) is 4.74 Å². The number of rotatable bonds is 2. The number of carbonyl (C=O) groups excluding carboxylic acids is 1. The Labute approximate surface area is 143 Å². The van der Waals surface area contributed by atoms with Crippen molar-refractivity contribution in [2.45, 2.75) is 6.54 Å². The smallest absolute Gasteiger partial charge is 0.254 e. The zero-order valence-corrected chi connectivity index (χ0v) is 13.6. The normalized spacial score (nSPS) is 13.2. The first kappa shape index (κ1) is 14.0. The van der Waals surface area contributed by atoms with Crippen LogP contribution in [0.3, 0.4) is 0 Å². The molecule has 1 amide bonds. The maximum Gasteiger partial charge on any atom is 0.254 e. The zero-order chi connectivity index (χ0) is 17.0. The number of pyridine rings is 1. The van der Waals surface area contributed by atoms with Gasteiger partial charge in [0.15, 0.2) is 0 Å². The number of fused-ring (bicyclic) bond motifs is 5. The van der Waals surface area contributed by atoms with Gasteiger partial charge in [0.2, 0.25) is 0 Å². The van der Waals surface area contributed by atoms with Crippen molar-refractivity contribution in [2.75, 3.05) is 7.11 Å². The Hall–Kier alpha value is -3.34. The monoisotopic (exact) mass is 329 g/mol. The first-order valence-corrected chi connectivity index (χ1v) is 8.10. The Bertz CT molecular complexity index is 1160. The molecule has 0 bridgehead atoms. The van der Waals surface area contributed by atoms with Crippen molar-refractivity contribution < 1.29 is 9.53 Å². The molecular weight excluding hydrogens is 314 g/mol. The summed E-state index contributed by atoms with van der Waals surface area (Å²) in [5, 5.41) is 5.92. The van der Waals surface area contributed by atoms with Gasteiger partial charge in [-0.25, -0.2) is 0 Å². The van der Waals surface area contributed by atoms with Crippen LogP contribution in [0, 0.1) is 0 Å². The molecule has 2 N–H and O–H groups in total. The van der Waals surface area contributed by atoms with Crippen LogP contribution >= 0.6 is 0 Å². The zero-order valence-electron chi connectivity index (χ0n) is 13.6. The van der Waals surface area contributed by atoms with E-state index < -0.39 is 0 Å². The summed E-state index contributed by atoms with van der Waals surface area (Å²) in [5.74, 6) is 0.788. The third kappa shape index (κ3) is 2.02. The average Bonchev–Trinajstić information content (AvgIpc) is 3.21. The van der Waals surface area contributed by atoms with Crippen LogP contribution in [-0.2, 0) is 6.54 Å². The highest BCUT2D eigenvalue weighted by atomic mass is 16.5. The number of benzene rings is 2. The van der Waals surface area contributed by atoms with Gasteiger partial charge in [-0.2, -0.15) is 0 Å². The molecule has 0 saturated carbocycles. The number of ether oxygens (including phenoxy) is 1. The molecule has 1 aliphatic rings. The number of H-pyrrole nitrogens is 1. The standard InChI is InChI=1S/C20H15N3O2/c1-25-13-4-2-3-11(7-13)16-8-15-12(9-21-16)5-6-14-18-17(23-19(14)15)10-22-20(18)24/h2-9,23H,10H2,1H3,(H,22,24). The van der Waals surface area contributed by atoms with E-state index in [1.807, 2.05) is 42.6 Å². The molecule has 2 aromatic carbocycles. The number of methoxy groups -OCH3 is 1. The number of carbonyl (C=O) groups is 1. The molecule has 25 heavy (non-hydrogen) atoms. The summed E-state index contributed by atoms with van der Waals surface area (Å²) in [7, 11) is 1.65. The van der Waals surface area contributed by atoms with Crippen molar-refractivity contribution in [3.8, 4) is 17.0 Å². The van der Waals surface area contributed by atoms with Crippen LogP contribution in [0.5, 0.6) is 5.75 Å². The predicted octanol–water partition coefficient (Wildman–Crippen LogP) is 3.64. The predicted molar refractivity (Wildman–Crippen MR) is 96.8 cm³/mol. The van der Waals surface area contributed by atoms with Gasteiger partial charge in [0, 0.05) is 33.6 Å². The highest BCUT2D eigenvalue weighted by molar-refractivity contribution is 6.16. The van der Waals surface area contributed by atoms with E-state index in [1.165, 1.54) is 0 Å². The van der Waals surface area contributed by atoms with Gasteiger partial charge in [-0.05, 0) is 18.2 Å². The van der Waals surface area contributed by atoms with E-state index in [1.54, 1.807) is 7.11 Å². The first-order valence-electron chi connectivity index (χ1n) is 8.10. The van der Waals surface area contributed by atoms with Gasteiger partial charge in [0.1, 0.15) is 5.75 Å². The molecule has 0 atom stereocenters. The molecule has 0 saturated heterocycles. The third-order valence-electron chi connectivity index (χ3n) is 4.77. The van der Waals surface area contributed by atoms with E-state index in [-0.39, 0.29) is 5.91 Å². The molecule has 5 rings (SSSR count). The lowest BCUT2D eigenvalue weighted by molar-refractivity contribution is 0.0967. The molecule has 122 valence electrons. The fraction of sp³-hybridized carbons (Fsp3) is 0.100. The number of aromatic amines is 1. The van der Waals surface area contributed by atoms with Crippen molar-refractivity contribution in [1.29, 1.82) is 0 Å². The second-order valence-corrected chi connectivity index (χ2v) is 6.17. The van der Waals surface area contributed by atoms with E-state index in [2.05, 4.69) is 21.4 Å². The van der Waals surface area contributed by atoms with Crippen molar-refractivity contribution in [1.82, 2.24) is 15.3 Å². The molecule has 0 fully saturated rings. The Kier molecular flexibility index (Phi) is 2.85. The lowest BCUT2D eigenvalue weighted by Crippen LogP contribution is -2.13. The van der Waals surface area contributed by atoms with E-state index >= 15 is 0 Å². The molecule has 5 nitrogen and oxygen atoms in total. The lowest BCUT2D eigenvalue weighted by Gasteiger charge is -2.07. The number of aromatic nitrogens is 2. The van der Waals surface area contributed by atoms with Gasteiger partial charge in [0.05, 0.1) is 30.4 Å². The maximum atomic E-state index is 12.1. The first-order chi connectivity index (χ1) is 12.2. The third-order valence-corrected chi connectivity index (χ3v) is 4.77. The van der Waals surface area contributed by atoms with Crippen LogP contribution in [0.1, 0.15) is 16.1 Å². The average molecular weight is 329 g/mol. The highest BCUT2D eigenvalue weighted by Crippen LogP contribution is 2.33. The minimum atomic E-state index is -0.0114. The van der Waals surface area contributed by atoms with Crippen molar-refractivity contribution in [2.24, 2.45) is 0 Å². The van der Waals surface area contributed by atoms with Crippen LogP contribution < -0.4 is 10.1 Å². The van der Waals surface area contributed by atoms with Crippen molar-refractivity contribution in [3.63, 3.8) is 0 Å². The second kappa shape index (κ2) is 5.08. The Morgan fingerprint density at radius 3 is 2.92 bits per heavy atom. The van der Waals surface area contributed by atoms with Crippen LogP contribution in [0.25, 0.3) is 32.9 Å². The maximum absolute atomic E-state index is 12.1. The number of hydrogen-bond acceptors (Lipinski definition) is 3. The van der Waals surface area contributed by atoms with Gasteiger partial charge >= 0.3 is 0 Å². The molecule has 3 heterocycles. The molecule has 0 unspecified atom stereocenters. The van der Waals surface area contributed by atoms with Crippen LogP contribution in [0.2, 0.25) is 0 Å². The summed E-state index contributed by atoms with van der Waals surface area (Å²) in [6.07, 6.45) is 1.87. The molecule has 5 heteroatoms. The molecule has 0 aliphatic carbocycles. The molecule has 1 aliphatic heterocycles. The summed E-state index contributed by atoms with van der Waals surface area (Å²) in [5.41, 5.74) is 4.57. The summed E-state index contributed by atoms with van der Waals surface area (Å²) in [6.45, 7) is 0.554. The summed E-state index contributed by atoms with van der Waals surface area (Å²) < 4.78 is 5.31. The Morgan fingerprint density at radius 1 is 1.12 bits per heavy atom. The molecular formula is C20H15N3O2. The second-order valence-electron chi connectivity index (χ2n) is 6.17. The minimum absolute atomic E-state index is 0.0114. The van der Waals surface area contributed by atoms with Gasteiger partial charge in [-0.1, -0.05) is 24.3 Å². The molecule has 0 spiro atoms. The number of nitrogens with one attached hydrogen (secondary N) is 2. The van der Waals surface area contributed by atoms with Gasteiger partial charge in [-0.15, -0.1) is 0 Å². The summed E-state index contributed by atoms with van der Waals surface area (Å²) >= 11 is 0. The van der Waals surface area contributed by atoms with Gasteiger partial charge < -0.3 is 15.0 Å². The van der Waals surface area contributed by atoms with E-state index in [0.717, 1.165) is 49.9 Å². The van der Waals surface area contributed by atoms with E-state index in [0.29, 0.717) is 6.54 Å².